The van der Waals surface area contributed by atoms with Gasteiger partial charge >= 0.3 is 0 Å². The number of hydrogen-bond acceptors (Lipinski definition) is 3. The van der Waals surface area contributed by atoms with Crippen molar-refractivity contribution in [3.63, 3.8) is 0 Å². The third-order valence-corrected chi connectivity index (χ3v) is 2.32. The number of aromatic nitrogens is 2. The highest BCUT2D eigenvalue weighted by Crippen LogP contribution is 2.24. The molecule has 1 aliphatic heterocycles. The van der Waals surface area contributed by atoms with Crippen LogP contribution in [-0.2, 0) is 0 Å². The largest absolute Gasteiger partial charge is 0.311 e. The summed E-state index contributed by atoms with van der Waals surface area (Å²) in [6.07, 6.45) is 5.49. The lowest BCUT2D eigenvalue weighted by Crippen LogP contribution is -2.27. The van der Waals surface area contributed by atoms with Crippen LogP contribution in [0.5, 0.6) is 0 Å². The average Bonchev–Trinajstić information content (AvgIpc) is 2.71. The Labute approximate surface area is 76.4 Å². The number of nitrogens with zero attached hydrogens (tertiary/aromatic N) is 2. The molecule has 2 unspecified atom stereocenters. The SMILES string of the molecule is FC(c1cnccn1)C1CCCN1. The number of alkyl halides is 1. The fourth-order valence-electron chi connectivity index (χ4n) is 1.62. The first kappa shape index (κ1) is 8.56. The molecule has 0 amide bonds. The molecule has 2 heterocycles. The molecule has 2 atom stereocenters. The lowest BCUT2D eigenvalue weighted by Gasteiger charge is -2.14. The van der Waals surface area contributed by atoms with Gasteiger partial charge in [-0.15, -0.1) is 0 Å². The minimum atomic E-state index is -1.02. The predicted octanol–water partition coefficient (Wildman–Crippen LogP) is 1.24. The molecule has 0 aromatic carbocycles. The zero-order valence-electron chi connectivity index (χ0n) is 7.28. The number of halogens is 1. The van der Waals surface area contributed by atoms with E-state index in [2.05, 4.69) is 15.3 Å². The van der Waals surface area contributed by atoms with E-state index in [0.717, 1.165) is 19.4 Å². The van der Waals surface area contributed by atoms with Gasteiger partial charge in [-0.3, -0.25) is 9.97 Å². The molecule has 1 fully saturated rings. The van der Waals surface area contributed by atoms with Gasteiger partial charge in [0.15, 0.2) is 6.17 Å². The molecule has 2 rings (SSSR count). The first-order valence-electron chi connectivity index (χ1n) is 4.51. The van der Waals surface area contributed by atoms with Crippen molar-refractivity contribution in [2.75, 3.05) is 6.54 Å². The quantitative estimate of drug-likeness (QED) is 0.746. The number of nitrogens with one attached hydrogen (secondary N) is 1. The van der Waals surface area contributed by atoms with Crippen molar-refractivity contribution in [3.05, 3.63) is 24.3 Å². The summed E-state index contributed by atoms with van der Waals surface area (Å²) in [5.74, 6) is 0. The second kappa shape index (κ2) is 3.79. The van der Waals surface area contributed by atoms with E-state index in [-0.39, 0.29) is 6.04 Å². The lowest BCUT2D eigenvalue weighted by molar-refractivity contribution is 0.264. The summed E-state index contributed by atoms with van der Waals surface area (Å²) < 4.78 is 13.7. The van der Waals surface area contributed by atoms with Gasteiger partial charge in [-0.25, -0.2) is 4.39 Å². The Balaban J connectivity index is 2.08. The van der Waals surface area contributed by atoms with Crippen molar-refractivity contribution in [2.24, 2.45) is 0 Å². The molecule has 13 heavy (non-hydrogen) atoms. The van der Waals surface area contributed by atoms with Crippen LogP contribution < -0.4 is 5.32 Å². The molecule has 0 radical (unpaired) electrons. The first-order chi connectivity index (χ1) is 6.38. The van der Waals surface area contributed by atoms with Crippen molar-refractivity contribution < 1.29 is 4.39 Å². The second-order valence-corrected chi connectivity index (χ2v) is 3.23. The summed E-state index contributed by atoms with van der Waals surface area (Å²) in [6.45, 7) is 0.908. The van der Waals surface area contributed by atoms with Crippen LogP contribution in [0.15, 0.2) is 18.6 Å². The zero-order valence-corrected chi connectivity index (χ0v) is 7.28. The zero-order chi connectivity index (χ0) is 9.10. The van der Waals surface area contributed by atoms with Gasteiger partial charge in [0, 0.05) is 18.4 Å². The maximum atomic E-state index is 13.7. The third kappa shape index (κ3) is 1.83. The molecule has 1 saturated heterocycles. The van der Waals surface area contributed by atoms with E-state index in [4.69, 9.17) is 0 Å². The Morgan fingerprint density at radius 2 is 2.46 bits per heavy atom. The molecular formula is C9H12FN3. The highest BCUT2D eigenvalue weighted by molar-refractivity contribution is 5.04. The van der Waals surface area contributed by atoms with E-state index in [1.165, 1.54) is 12.4 Å². The summed E-state index contributed by atoms with van der Waals surface area (Å²) in [5.41, 5.74) is 0.432. The van der Waals surface area contributed by atoms with Gasteiger partial charge < -0.3 is 5.32 Å². The van der Waals surface area contributed by atoms with Gasteiger partial charge in [0.1, 0.15) is 0 Å². The topological polar surface area (TPSA) is 37.8 Å². The Morgan fingerprint density at radius 3 is 3.08 bits per heavy atom. The van der Waals surface area contributed by atoms with Gasteiger partial charge in [-0.1, -0.05) is 0 Å². The molecule has 0 spiro atoms. The summed E-state index contributed by atoms with van der Waals surface area (Å²) in [6, 6.07) is -0.0725. The van der Waals surface area contributed by atoms with Crippen molar-refractivity contribution in [1.29, 1.82) is 0 Å². The number of hydrogen-bond donors (Lipinski definition) is 1. The highest BCUT2D eigenvalue weighted by Gasteiger charge is 2.26. The van der Waals surface area contributed by atoms with Crippen LogP contribution in [0, 0.1) is 0 Å². The molecule has 1 aromatic rings. The van der Waals surface area contributed by atoms with E-state index < -0.39 is 6.17 Å². The third-order valence-electron chi connectivity index (χ3n) is 2.32. The Kier molecular flexibility index (Phi) is 2.49. The Hall–Kier alpha value is -1.03. The normalized spacial score (nSPS) is 24.5. The molecule has 4 heteroatoms. The van der Waals surface area contributed by atoms with Crippen molar-refractivity contribution in [3.8, 4) is 0 Å². The van der Waals surface area contributed by atoms with Gasteiger partial charge in [0.2, 0.25) is 0 Å². The van der Waals surface area contributed by atoms with E-state index in [1.807, 2.05) is 0 Å². The molecule has 0 bridgehead atoms. The maximum Gasteiger partial charge on any atom is 0.159 e. The van der Waals surface area contributed by atoms with E-state index in [9.17, 15) is 4.39 Å². The molecule has 1 aliphatic rings. The van der Waals surface area contributed by atoms with Crippen LogP contribution in [0.2, 0.25) is 0 Å². The molecular weight excluding hydrogens is 169 g/mol. The molecule has 0 aliphatic carbocycles. The summed E-state index contributed by atoms with van der Waals surface area (Å²) in [7, 11) is 0. The van der Waals surface area contributed by atoms with Crippen LogP contribution in [-0.4, -0.2) is 22.6 Å². The monoisotopic (exact) mass is 181 g/mol. The van der Waals surface area contributed by atoms with Crippen LogP contribution in [0.3, 0.4) is 0 Å². The van der Waals surface area contributed by atoms with Gasteiger partial charge in [-0.05, 0) is 19.4 Å². The van der Waals surface area contributed by atoms with Crippen LogP contribution in [0.25, 0.3) is 0 Å². The minimum absolute atomic E-state index is 0.0725. The average molecular weight is 181 g/mol. The molecule has 1 N–H and O–H groups in total. The second-order valence-electron chi connectivity index (χ2n) is 3.23. The summed E-state index contributed by atoms with van der Waals surface area (Å²) in [4.78, 5) is 7.79. The maximum absolute atomic E-state index is 13.7. The van der Waals surface area contributed by atoms with Crippen molar-refractivity contribution >= 4 is 0 Å². The van der Waals surface area contributed by atoms with Gasteiger partial charge in [-0.2, -0.15) is 0 Å². The van der Waals surface area contributed by atoms with E-state index >= 15 is 0 Å². The summed E-state index contributed by atoms with van der Waals surface area (Å²) >= 11 is 0. The fourth-order valence-corrected chi connectivity index (χ4v) is 1.62. The Bertz CT molecular complexity index is 259. The lowest BCUT2D eigenvalue weighted by atomic mass is 10.1. The first-order valence-corrected chi connectivity index (χ1v) is 4.51. The Morgan fingerprint density at radius 1 is 1.54 bits per heavy atom. The highest BCUT2D eigenvalue weighted by atomic mass is 19.1. The fraction of sp³-hybridized carbons (Fsp3) is 0.556. The molecule has 0 saturated carbocycles. The smallest absolute Gasteiger partial charge is 0.159 e. The summed E-state index contributed by atoms with van der Waals surface area (Å²) in [5, 5.41) is 3.11. The molecule has 3 nitrogen and oxygen atoms in total. The standard InChI is InChI=1S/C9H12FN3/c10-9(7-2-1-3-12-7)8-6-11-4-5-13-8/h4-7,9,12H,1-3H2. The predicted molar refractivity (Wildman–Crippen MR) is 46.9 cm³/mol. The van der Waals surface area contributed by atoms with Crippen molar-refractivity contribution in [1.82, 2.24) is 15.3 Å². The van der Waals surface area contributed by atoms with Gasteiger partial charge in [0.25, 0.3) is 0 Å². The van der Waals surface area contributed by atoms with Crippen LogP contribution in [0.4, 0.5) is 4.39 Å². The van der Waals surface area contributed by atoms with Crippen molar-refractivity contribution in [2.45, 2.75) is 25.1 Å². The minimum Gasteiger partial charge on any atom is -0.311 e. The van der Waals surface area contributed by atoms with E-state index in [1.54, 1.807) is 6.20 Å². The van der Waals surface area contributed by atoms with E-state index in [0.29, 0.717) is 5.69 Å². The number of rotatable bonds is 2. The molecule has 1 aromatic heterocycles. The van der Waals surface area contributed by atoms with Gasteiger partial charge in [0.05, 0.1) is 11.9 Å². The molecule has 70 valence electrons. The van der Waals surface area contributed by atoms with Crippen LogP contribution >= 0.6 is 0 Å². The van der Waals surface area contributed by atoms with Crippen LogP contribution in [0.1, 0.15) is 24.7 Å².